The molecule has 3 rings (SSSR count). The summed E-state index contributed by atoms with van der Waals surface area (Å²) in [6.45, 7) is 5.64. The number of nitriles is 1. The minimum atomic E-state index is -1.15. The first-order valence-corrected chi connectivity index (χ1v) is 7.70. The largest absolute Gasteiger partial charge is 0.496 e. The molecule has 0 bridgehead atoms. The summed E-state index contributed by atoms with van der Waals surface area (Å²) < 4.78 is 7.13. The van der Waals surface area contributed by atoms with Gasteiger partial charge in [-0.2, -0.15) is 5.26 Å². The zero-order valence-electron chi connectivity index (χ0n) is 14.4. The van der Waals surface area contributed by atoms with Gasteiger partial charge in [0.2, 0.25) is 0 Å². The Labute approximate surface area is 144 Å². The van der Waals surface area contributed by atoms with Gasteiger partial charge in [-0.1, -0.05) is 6.07 Å². The highest BCUT2D eigenvalue weighted by Crippen LogP contribution is 2.38. The van der Waals surface area contributed by atoms with E-state index in [1.54, 1.807) is 23.8 Å². The van der Waals surface area contributed by atoms with Crippen molar-refractivity contribution < 1.29 is 14.6 Å². The first kappa shape index (κ1) is 16.5. The second-order valence-electron chi connectivity index (χ2n) is 5.85. The van der Waals surface area contributed by atoms with Crippen LogP contribution in [0.4, 0.5) is 0 Å². The number of methoxy groups -OCH3 is 1. The summed E-state index contributed by atoms with van der Waals surface area (Å²) in [4.78, 5) is 16.3. The van der Waals surface area contributed by atoms with Gasteiger partial charge in [0.05, 0.1) is 12.8 Å². The molecular formula is C19H17N3O3. The summed E-state index contributed by atoms with van der Waals surface area (Å²) in [7, 11) is 1.57. The molecule has 1 aromatic carbocycles. The van der Waals surface area contributed by atoms with Gasteiger partial charge in [-0.25, -0.2) is 9.78 Å². The second kappa shape index (κ2) is 5.95. The quantitative estimate of drug-likeness (QED) is 0.791. The highest BCUT2D eigenvalue weighted by Gasteiger charge is 2.28. The third kappa shape index (κ3) is 2.32. The Balaban J connectivity index is 2.61. The van der Waals surface area contributed by atoms with Crippen LogP contribution in [0, 0.1) is 32.1 Å². The Morgan fingerprint density at radius 3 is 2.60 bits per heavy atom. The predicted molar refractivity (Wildman–Crippen MR) is 93.1 cm³/mol. The van der Waals surface area contributed by atoms with Gasteiger partial charge in [0.1, 0.15) is 22.9 Å². The van der Waals surface area contributed by atoms with Crippen LogP contribution in [0.1, 0.15) is 32.7 Å². The van der Waals surface area contributed by atoms with Crippen LogP contribution < -0.4 is 4.74 Å². The Hall–Kier alpha value is -3.33. The Morgan fingerprint density at radius 2 is 2.00 bits per heavy atom. The molecule has 25 heavy (non-hydrogen) atoms. The van der Waals surface area contributed by atoms with E-state index in [1.807, 2.05) is 39.0 Å². The molecule has 1 N–H and O–H groups in total. The zero-order valence-corrected chi connectivity index (χ0v) is 14.4. The van der Waals surface area contributed by atoms with E-state index in [2.05, 4.69) is 4.98 Å². The minimum absolute atomic E-state index is 0.0382. The topological polar surface area (TPSA) is 87.6 Å². The molecular weight excluding hydrogens is 318 g/mol. The van der Waals surface area contributed by atoms with Gasteiger partial charge >= 0.3 is 5.97 Å². The summed E-state index contributed by atoms with van der Waals surface area (Å²) in [6.07, 6.45) is 1.58. The fourth-order valence-electron chi connectivity index (χ4n) is 3.28. The Morgan fingerprint density at radius 1 is 1.28 bits per heavy atom. The van der Waals surface area contributed by atoms with Gasteiger partial charge < -0.3 is 9.84 Å². The average Bonchev–Trinajstić information content (AvgIpc) is 2.91. The number of carboxylic acids is 1. The third-order valence-corrected chi connectivity index (χ3v) is 4.42. The highest BCUT2D eigenvalue weighted by molar-refractivity contribution is 6.02. The molecule has 0 amide bonds. The van der Waals surface area contributed by atoms with Crippen LogP contribution in [-0.2, 0) is 0 Å². The van der Waals surface area contributed by atoms with Crippen LogP contribution in [0.25, 0.3) is 16.9 Å². The molecule has 0 aliphatic carbocycles. The number of hydrogen-bond donors (Lipinski definition) is 1. The van der Waals surface area contributed by atoms with Crippen molar-refractivity contribution in [3.63, 3.8) is 0 Å². The number of nitrogens with zero attached hydrogens (tertiary/aromatic N) is 3. The van der Waals surface area contributed by atoms with Crippen molar-refractivity contribution in [3.8, 4) is 23.1 Å². The third-order valence-electron chi connectivity index (χ3n) is 4.42. The molecule has 6 nitrogen and oxygen atoms in total. The van der Waals surface area contributed by atoms with Gasteiger partial charge in [0, 0.05) is 23.0 Å². The molecule has 2 aromatic heterocycles. The van der Waals surface area contributed by atoms with E-state index in [-0.39, 0.29) is 11.1 Å². The summed E-state index contributed by atoms with van der Waals surface area (Å²) in [5.41, 5.74) is 4.08. The second-order valence-corrected chi connectivity index (χ2v) is 5.85. The molecule has 0 atom stereocenters. The van der Waals surface area contributed by atoms with Crippen molar-refractivity contribution >= 4 is 11.6 Å². The maximum Gasteiger partial charge on any atom is 0.339 e. The minimum Gasteiger partial charge on any atom is -0.496 e. The van der Waals surface area contributed by atoms with E-state index in [0.29, 0.717) is 17.1 Å². The molecule has 0 aliphatic rings. The summed E-state index contributed by atoms with van der Waals surface area (Å²) in [5.74, 6) is -0.495. The number of carboxylic acid groups (broad SMARTS) is 1. The van der Waals surface area contributed by atoms with E-state index < -0.39 is 5.97 Å². The highest BCUT2D eigenvalue weighted by atomic mass is 16.5. The molecule has 0 aliphatic heterocycles. The number of aryl methyl sites for hydroxylation is 2. The molecule has 0 fully saturated rings. The molecule has 0 unspecified atom stereocenters. The zero-order chi connectivity index (χ0) is 18.3. The predicted octanol–water partition coefficient (Wildman–Crippen LogP) is 3.51. The van der Waals surface area contributed by atoms with Crippen LogP contribution in [0.2, 0.25) is 0 Å². The Bertz CT molecular complexity index is 1060. The summed E-state index contributed by atoms with van der Waals surface area (Å²) >= 11 is 0. The normalized spacial score (nSPS) is 10.7. The number of ether oxygens (including phenoxy) is 1. The molecule has 3 aromatic rings. The molecule has 0 saturated carbocycles. The number of aromatic nitrogens is 2. The average molecular weight is 335 g/mol. The van der Waals surface area contributed by atoms with Gasteiger partial charge in [0.25, 0.3) is 0 Å². The number of fused-ring (bicyclic) bond motifs is 1. The first-order chi connectivity index (χ1) is 11.9. The van der Waals surface area contributed by atoms with Crippen molar-refractivity contribution in [2.24, 2.45) is 0 Å². The fraction of sp³-hybridized carbons (Fsp3) is 0.211. The monoisotopic (exact) mass is 335 g/mol. The lowest BCUT2D eigenvalue weighted by Gasteiger charge is -2.15. The molecule has 2 heterocycles. The number of carbonyl (C=O) groups is 1. The molecule has 0 radical (unpaired) electrons. The number of aromatic carboxylic acids is 1. The number of hydrogen-bond acceptors (Lipinski definition) is 4. The molecule has 0 spiro atoms. The van der Waals surface area contributed by atoms with Gasteiger partial charge in [0.15, 0.2) is 5.65 Å². The van der Waals surface area contributed by atoms with Crippen LogP contribution in [-0.4, -0.2) is 27.6 Å². The van der Waals surface area contributed by atoms with Crippen molar-refractivity contribution in [2.75, 3.05) is 7.11 Å². The van der Waals surface area contributed by atoms with Gasteiger partial charge in [-0.05, 0) is 38.5 Å². The molecule has 126 valence electrons. The van der Waals surface area contributed by atoms with Crippen molar-refractivity contribution in [1.29, 1.82) is 5.26 Å². The van der Waals surface area contributed by atoms with E-state index in [4.69, 9.17) is 4.74 Å². The van der Waals surface area contributed by atoms with Crippen LogP contribution in [0.3, 0.4) is 0 Å². The van der Waals surface area contributed by atoms with Crippen LogP contribution in [0.5, 0.6) is 5.75 Å². The standard InChI is InChI=1S/C19H17N3O3/c1-10-5-6-14(25-4)12(3)15(10)17-16(19(23)24)13(9-20)18-21-8-7-11(2)22(17)18/h5-8H,1-4H3,(H,23,24). The van der Waals surface area contributed by atoms with E-state index >= 15 is 0 Å². The maximum atomic E-state index is 12.0. The van der Waals surface area contributed by atoms with E-state index in [0.717, 1.165) is 22.4 Å². The van der Waals surface area contributed by atoms with Crippen molar-refractivity contribution in [3.05, 3.63) is 52.3 Å². The smallest absolute Gasteiger partial charge is 0.339 e. The van der Waals surface area contributed by atoms with Gasteiger partial charge in [-0.15, -0.1) is 0 Å². The van der Waals surface area contributed by atoms with Crippen molar-refractivity contribution in [2.45, 2.75) is 20.8 Å². The summed E-state index contributed by atoms with van der Waals surface area (Å²) in [5, 5.41) is 19.4. The SMILES string of the molecule is COc1ccc(C)c(-c2c(C(=O)O)c(C#N)c3nccc(C)n23)c1C. The lowest BCUT2D eigenvalue weighted by molar-refractivity contribution is 0.0697. The molecule has 6 heteroatoms. The number of rotatable bonds is 3. The molecule has 0 saturated heterocycles. The first-order valence-electron chi connectivity index (χ1n) is 7.70. The summed E-state index contributed by atoms with van der Waals surface area (Å²) in [6, 6.07) is 7.52. The van der Waals surface area contributed by atoms with Crippen molar-refractivity contribution in [1.82, 2.24) is 9.38 Å². The Kier molecular flexibility index (Phi) is 3.93. The number of benzene rings is 1. The van der Waals surface area contributed by atoms with E-state index in [1.165, 1.54) is 0 Å². The fourth-order valence-corrected chi connectivity index (χ4v) is 3.28. The van der Waals surface area contributed by atoms with E-state index in [9.17, 15) is 15.2 Å². The van der Waals surface area contributed by atoms with Crippen LogP contribution >= 0.6 is 0 Å². The maximum absolute atomic E-state index is 12.0. The lowest BCUT2D eigenvalue weighted by Crippen LogP contribution is -2.04. The van der Waals surface area contributed by atoms with Gasteiger partial charge in [-0.3, -0.25) is 4.40 Å². The van der Waals surface area contributed by atoms with Crippen LogP contribution in [0.15, 0.2) is 24.4 Å². The lowest BCUT2D eigenvalue weighted by atomic mass is 9.95.